The number of benzene rings is 1. The Morgan fingerprint density at radius 3 is 2.68 bits per heavy atom. The summed E-state index contributed by atoms with van der Waals surface area (Å²) < 4.78 is 0. The Balaban J connectivity index is 2.14. The predicted octanol–water partition coefficient (Wildman–Crippen LogP) is 3.49. The standard InChI is InChI=1S/C19H26N2O/c1-3-21(4-2)18(13-22)17-11-7-10-16-15-9-6-5-8-14(15)12-20-19(16)17/h7,10-12,18,22H,3-6,8-9,13H2,1-2H3. The van der Waals surface area contributed by atoms with Crippen molar-refractivity contribution in [1.29, 1.82) is 0 Å². The molecule has 1 heterocycles. The van der Waals surface area contributed by atoms with Gasteiger partial charge in [0.2, 0.25) is 0 Å². The molecule has 0 aliphatic heterocycles. The van der Waals surface area contributed by atoms with Crippen LogP contribution in [0.15, 0.2) is 24.4 Å². The molecule has 0 radical (unpaired) electrons. The van der Waals surface area contributed by atoms with Crippen molar-refractivity contribution in [3.63, 3.8) is 0 Å². The second-order valence-corrected chi connectivity index (χ2v) is 6.13. The molecule has 0 saturated carbocycles. The topological polar surface area (TPSA) is 36.4 Å². The normalized spacial score (nSPS) is 16.0. The largest absolute Gasteiger partial charge is 0.394 e. The van der Waals surface area contributed by atoms with E-state index in [0.717, 1.165) is 37.0 Å². The molecule has 1 aromatic carbocycles. The molecule has 0 fully saturated rings. The molecule has 1 aliphatic rings. The van der Waals surface area contributed by atoms with Crippen LogP contribution in [0.3, 0.4) is 0 Å². The summed E-state index contributed by atoms with van der Waals surface area (Å²) in [6, 6.07) is 6.49. The Morgan fingerprint density at radius 2 is 1.95 bits per heavy atom. The molecular formula is C19H26N2O. The highest BCUT2D eigenvalue weighted by atomic mass is 16.3. The maximum atomic E-state index is 9.94. The first kappa shape index (κ1) is 15.4. The molecule has 3 heteroatoms. The zero-order chi connectivity index (χ0) is 15.5. The van der Waals surface area contributed by atoms with Crippen LogP contribution in [0.2, 0.25) is 0 Å². The SMILES string of the molecule is CCN(CC)C(CO)c1cccc2c3c(cnc12)CCCC3. The highest BCUT2D eigenvalue weighted by molar-refractivity contribution is 5.86. The second-order valence-electron chi connectivity index (χ2n) is 6.13. The van der Waals surface area contributed by atoms with Crippen LogP contribution in [-0.4, -0.2) is 34.7 Å². The first-order chi connectivity index (χ1) is 10.8. The first-order valence-corrected chi connectivity index (χ1v) is 8.54. The van der Waals surface area contributed by atoms with Crippen LogP contribution in [0.25, 0.3) is 10.9 Å². The van der Waals surface area contributed by atoms with Gasteiger partial charge in [0.1, 0.15) is 0 Å². The van der Waals surface area contributed by atoms with E-state index in [-0.39, 0.29) is 12.6 Å². The van der Waals surface area contributed by atoms with E-state index in [1.807, 2.05) is 0 Å². The molecule has 1 unspecified atom stereocenters. The van der Waals surface area contributed by atoms with E-state index in [4.69, 9.17) is 4.98 Å². The van der Waals surface area contributed by atoms with Crippen LogP contribution < -0.4 is 0 Å². The minimum absolute atomic E-state index is 0.0350. The summed E-state index contributed by atoms with van der Waals surface area (Å²) >= 11 is 0. The minimum Gasteiger partial charge on any atom is -0.394 e. The van der Waals surface area contributed by atoms with Crippen molar-refractivity contribution in [3.8, 4) is 0 Å². The van der Waals surface area contributed by atoms with Gasteiger partial charge < -0.3 is 5.11 Å². The molecule has 1 aromatic heterocycles. The zero-order valence-electron chi connectivity index (χ0n) is 13.7. The third kappa shape index (κ3) is 2.64. The van der Waals surface area contributed by atoms with Crippen LogP contribution in [0, 0.1) is 0 Å². The molecule has 0 bridgehead atoms. The summed E-state index contributed by atoms with van der Waals surface area (Å²) in [6.45, 7) is 6.30. The zero-order valence-corrected chi connectivity index (χ0v) is 13.7. The van der Waals surface area contributed by atoms with Gasteiger partial charge in [-0.05, 0) is 55.5 Å². The van der Waals surface area contributed by atoms with Crippen LogP contribution in [0.1, 0.15) is 49.4 Å². The summed E-state index contributed by atoms with van der Waals surface area (Å²) in [7, 11) is 0. The monoisotopic (exact) mass is 298 g/mol. The summed E-state index contributed by atoms with van der Waals surface area (Å²) in [5, 5.41) is 11.2. The van der Waals surface area contributed by atoms with Crippen molar-refractivity contribution in [2.45, 2.75) is 45.6 Å². The van der Waals surface area contributed by atoms with E-state index >= 15 is 0 Å². The fraction of sp³-hybridized carbons (Fsp3) is 0.526. The summed E-state index contributed by atoms with van der Waals surface area (Å²) in [5.41, 5.74) is 5.14. The van der Waals surface area contributed by atoms with E-state index in [9.17, 15) is 5.11 Å². The number of rotatable bonds is 5. The number of nitrogens with zero attached hydrogens (tertiary/aromatic N) is 2. The fourth-order valence-electron chi connectivity index (χ4n) is 3.81. The molecule has 3 rings (SSSR count). The van der Waals surface area contributed by atoms with Gasteiger partial charge in [0.15, 0.2) is 0 Å². The average molecular weight is 298 g/mol. The van der Waals surface area contributed by atoms with Crippen LogP contribution in [0.4, 0.5) is 0 Å². The molecular weight excluding hydrogens is 272 g/mol. The van der Waals surface area contributed by atoms with Gasteiger partial charge in [0, 0.05) is 11.6 Å². The third-order valence-corrected chi connectivity index (χ3v) is 5.04. The van der Waals surface area contributed by atoms with Crippen molar-refractivity contribution < 1.29 is 5.11 Å². The predicted molar refractivity (Wildman–Crippen MR) is 91.1 cm³/mol. The Hall–Kier alpha value is -1.45. The fourth-order valence-corrected chi connectivity index (χ4v) is 3.81. The number of aliphatic hydroxyl groups is 1. The molecule has 3 nitrogen and oxygen atoms in total. The van der Waals surface area contributed by atoms with Crippen LogP contribution in [-0.2, 0) is 12.8 Å². The number of aliphatic hydroxyl groups excluding tert-OH is 1. The lowest BCUT2D eigenvalue weighted by atomic mass is 9.88. The average Bonchev–Trinajstić information content (AvgIpc) is 2.59. The second kappa shape index (κ2) is 6.76. The lowest BCUT2D eigenvalue weighted by Crippen LogP contribution is -2.31. The van der Waals surface area contributed by atoms with Crippen molar-refractivity contribution in [3.05, 3.63) is 41.1 Å². The first-order valence-electron chi connectivity index (χ1n) is 8.54. The molecule has 1 aliphatic carbocycles. The number of aromatic nitrogens is 1. The molecule has 1 N–H and O–H groups in total. The summed E-state index contributed by atoms with van der Waals surface area (Å²) in [4.78, 5) is 7.08. The van der Waals surface area contributed by atoms with E-state index in [1.54, 1.807) is 0 Å². The maximum absolute atomic E-state index is 9.94. The van der Waals surface area contributed by atoms with E-state index < -0.39 is 0 Å². The van der Waals surface area contributed by atoms with Gasteiger partial charge in [0.25, 0.3) is 0 Å². The molecule has 118 valence electrons. The maximum Gasteiger partial charge on any atom is 0.0753 e. The van der Waals surface area contributed by atoms with Gasteiger partial charge in [-0.2, -0.15) is 0 Å². The van der Waals surface area contributed by atoms with Crippen molar-refractivity contribution in [1.82, 2.24) is 9.88 Å². The lowest BCUT2D eigenvalue weighted by Gasteiger charge is -2.29. The highest BCUT2D eigenvalue weighted by Crippen LogP contribution is 2.32. The minimum atomic E-state index is 0.0350. The van der Waals surface area contributed by atoms with E-state index in [2.05, 4.69) is 43.1 Å². The lowest BCUT2D eigenvalue weighted by molar-refractivity contribution is 0.134. The van der Waals surface area contributed by atoms with Gasteiger partial charge >= 0.3 is 0 Å². The number of hydrogen-bond acceptors (Lipinski definition) is 3. The molecule has 1 atom stereocenters. The number of para-hydroxylation sites is 1. The number of aryl methyl sites for hydroxylation is 2. The summed E-state index contributed by atoms with van der Waals surface area (Å²) in [5.74, 6) is 0. The van der Waals surface area contributed by atoms with Gasteiger partial charge in [-0.15, -0.1) is 0 Å². The third-order valence-electron chi connectivity index (χ3n) is 5.04. The van der Waals surface area contributed by atoms with Gasteiger partial charge in [-0.1, -0.05) is 32.0 Å². The highest BCUT2D eigenvalue weighted by Gasteiger charge is 2.21. The van der Waals surface area contributed by atoms with Crippen molar-refractivity contribution >= 4 is 10.9 Å². The molecule has 22 heavy (non-hydrogen) atoms. The molecule has 0 spiro atoms. The Bertz CT molecular complexity index is 649. The molecule has 2 aromatic rings. The Morgan fingerprint density at radius 1 is 1.18 bits per heavy atom. The Kier molecular flexibility index (Phi) is 4.74. The van der Waals surface area contributed by atoms with Crippen LogP contribution >= 0.6 is 0 Å². The molecule has 0 saturated heterocycles. The van der Waals surface area contributed by atoms with Gasteiger partial charge in [-0.3, -0.25) is 9.88 Å². The number of likely N-dealkylation sites (N-methyl/N-ethyl adjacent to an activating group) is 1. The number of fused-ring (bicyclic) bond motifs is 3. The van der Waals surface area contributed by atoms with Gasteiger partial charge in [0.05, 0.1) is 18.2 Å². The number of hydrogen-bond donors (Lipinski definition) is 1. The smallest absolute Gasteiger partial charge is 0.0753 e. The van der Waals surface area contributed by atoms with E-state index in [0.29, 0.717) is 0 Å². The number of pyridine rings is 1. The van der Waals surface area contributed by atoms with Gasteiger partial charge in [-0.25, -0.2) is 0 Å². The van der Waals surface area contributed by atoms with Crippen molar-refractivity contribution in [2.24, 2.45) is 0 Å². The van der Waals surface area contributed by atoms with E-state index in [1.165, 1.54) is 29.4 Å². The Labute approximate surface area is 133 Å². The summed E-state index contributed by atoms with van der Waals surface area (Å²) in [6.07, 6.45) is 6.93. The van der Waals surface area contributed by atoms with Crippen molar-refractivity contribution in [2.75, 3.05) is 19.7 Å². The van der Waals surface area contributed by atoms with Crippen LogP contribution in [0.5, 0.6) is 0 Å². The quantitative estimate of drug-likeness (QED) is 0.918. The molecule has 0 amide bonds.